The number of rotatable bonds is 1. The molecule has 0 aromatic heterocycles. The molecular weight excluding hydrogens is 131 g/mol. The lowest BCUT2D eigenvalue weighted by Gasteiger charge is -1.90. The van der Waals surface area contributed by atoms with Gasteiger partial charge in [0.15, 0.2) is 5.03 Å². The Morgan fingerprint density at radius 2 is 2.38 bits per heavy atom. The Morgan fingerprint density at radius 3 is 2.50 bits per heavy atom. The molecule has 0 aliphatic carbocycles. The molecule has 0 rings (SSSR count). The first-order valence-corrected chi connectivity index (χ1v) is 2.18. The monoisotopic (exact) mass is 136 g/mol. The smallest absolute Gasteiger partial charge is 0.352 e. The Kier molecular flexibility index (Phi) is 3.03. The predicted octanol–water partition coefficient (Wildman–Crippen LogP) is 0.798. The molecule has 0 amide bonds. The van der Waals surface area contributed by atoms with Crippen LogP contribution in [0.1, 0.15) is 0 Å². The Bertz CT molecular complexity index is 118. The molecule has 0 heterocycles. The highest BCUT2D eigenvalue weighted by molar-refractivity contribution is 6.41. The van der Waals surface area contributed by atoms with Crippen molar-refractivity contribution in [2.24, 2.45) is 0 Å². The van der Waals surface area contributed by atoms with Gasteiger partial charge in [0.05, 0.1) is 7.11 Å². The summed E-state index contributed by atoms with van der Waals surface area (Å²) >= 11 is 5.05. The van der Waals surface area contributed by atoms with Crippen LogP contribution in [0.5, 0.6) is 0 Å². The predicted molar refractivity (Wildman–Crippen MR) is 28.6 cm³/mol. The third kappa shape index (κ3) is 1.84. The molecule has 0 atom stereocenters. The lowest BCUT2D eigenvalue weighted by molar-refractivity contribution is -0.135. The van der Waals surface area contributed by atoms with Crippen LogP contribution < -0.4 is 0 Å². The number of methoxy groups -OCH3 is 1. The van der Waals surface area contributed by atoms with Gasteiger partial charge in [0.1, 0.15) is 6.26 Å². The standard InChI is InChI=1S/C4H5ClO3/c1-8-4(7)3(5)2-6/h2,6H,1H3/b3-2-. The molecule has 0 aromatic carbocycles. The zero-order chi connectivity index (χ0) is 6.57. The summed E-state index contributed by atoms with van der Waals surface area (Å²) in [6, 6.07) is 0. The number of halogens is 1. The van der Waals surface area contributed by atoms with E-state index in [1.165, 1.54) is 7.11 Å². The first-order valence-electron chi connectivity index (χ1n) is 1.80. The molecule has 3 nitrogen and oxygen atoms in total. The number of esters is 1. The second-order valence-corrected chi connectivity index (χ2v) is 1.38. The van der Waals surface area contributed by atoms with Gasteiger partial charge in [-0.2, -0.15) is 0 Å². The summed E-state index contributed by atoms with van der Waals surface area (Å²) in [6.45, 7) is 0. The molecule has 0 bridgehead atoms. The summed E-state index contributed by atoms with van der Waals surface area (Å²) in [5.74, 6) is -0.742. The Morgan fingerprint density at radius 1 is 1.88 bits per heavy atom. The van der Waals surface area contributed by atoms with Crippen LogP contribution in [0.15, 0.2) is 11.3 Å². The van der Waals surface area contributed by atoms with E-state index in [0.717, 1.165) is 0 Å². The molecular formula is C4H5ClO3. The largest absolute Gasteiger partial charge is 0.514 e. The molecule has 0 aliphatic rings. The van der Waals surface area contributed by atoms with E-state index in [0.29, 0.717) is 6.26 Å². The highest BCUT2D eigenvalue weighted by Crippen LogP contribution is 1.99. The quantitative estimate of drug-likeness (QED) is 0.330. The van der Waals surface area contributed by atoms with Crippen LogP contribution in [-0.2, 0) is 9.53 Å². The van der Waals surface area contributed by atoms with Gasteiger partial charge < -0.3 is 9.84 Å². The van der Waals surface area contributed by atoms with Crippen molar-refractivity contribution in [3.05, 3.63) is 11.3 Å². The van der Waals surface area contributed by atoms with Gasteiger partial charge in [0.2, 0.25) is 0 Å². The summed E-state index contributed by atoms with van der Waals surface area (Å²) in [7, 11) is 1.17. The van der Waals surface area contributed by atoms with Gasteiger partial charge in [-0.1, -0.05) is 11.6 Å². The lowest BCUT2D eigenvalue weighted by Crippen LogP contribution is -1.98. The van der Waals surface area contributed by atoms with Crippen molar-refractivity contribution in [1.29, 1.82) is 0 Å². The van der Waals surface area contributed by atoms with Crippen LogP contribution in [0.2, 0.25) is 0 Å². The van der Waals surface area contributed by atoms with Gasteiger partial charge in [0, 0.05) is 0 Å². The fourth-order valence-corrected chi connectivity index (χ4v) is 0.227. The number of aliphatic hydroxyl groups is 1. The van der Waals surface area contributed by atoms with Crippen LogP contribution in [0, 0.1) is 0 Å². The third-order valence-electron chi connectivity index (χ3n) is 0.494. The molecule has 0 spiro atoms. The van der Waals surface area contributed by atoms with Crippen molar-refractivity contribution in [3.8, 4) is 0 Å². The van der Waals surface area contributed by atoms with E-state index in [-0.39, 0.29) is 5.03 Å². The zero-order valence-corrected chi connectivity index (χ0v) is 4.97. The maximum absolute atomic E-state index is 10.2. The van der Waals surface area contributed by atoms with Gasteiger partial charge in [-0.25, -0.2) is 4.79 Å². The fraction of sp³-hybridized carbons (Fsp3) is 0.250. The van der Waals surface area contributed by atoms with Crippen molar-refractivity contribution in [3.63, 3.8) is 0 Å². The average molecular weight is 137 g/mol. The highest BCUT2D eigenvalue weighted by atomic mass is 35.5. The fourth-order valence-electron chi connectivity index (χ4n) is 0.150. The molecule has 46 valence electrons. The Balaban J connectivity index is 3.83. The van der Waals surface area contributed by atoms with Gasteiger partial charge >= 0.3 is 5.97 Å². The van der Waals surface area contributed by atoms with Crippen molar-refractivity contribution < 1.29 is 14.6 Å². The third-order valence-corrected chi connectivity index (χ3v) is 0.746. The van der Waals surface area contributed by atoms with Crippen molar-refractivity contribution >= 4 is 17.6 Å². The number of aliphatic hydroxyl groups excluding tert-OH is 1. The van der Waals surface area contributed by atoms with Gasteiger partial charge in [-0.3, -0.25) is 0 Å². The summed E-state index contributed by atoms with van der Waals surface area (Å²) in [4.78, 5) is 10.2. The Hall–Kier alpha value is -0.700. The van der Waals surface area contributed by atoms with E-state index in [1.54, 1.807) is 0 Å². The molecule has 0 saturated heterocycles. The van der Waals surface area contributed by atoms with Gasteiger partial charge in [-0.05, 0) is 0 Å². The number of ether oxygens (including phenoxy) is 1. The van der Waals surface area contributed by atoms with Crippen LogP contribution in [0.4, 0.5) is 0 Å². The van der Waals surface area contributed by atoms with E-state index >= 15 is 0 Å². The molecule has 8 heavy (non-hydrogen) atoms. The molecule has 0 aromatic rings. The maximum Gasteiger partial charge on any atom is 0.352 e. The van der Waals surface area contributed by atoms with E-state index in [9.17, 15) is 4.79 Å². The van der Waals surface area contributed by atoms with Crippen LogP contribution in [0.3, 0.4) is 0 Å². The van der Waals surface area contributed by atoms with E-state index in [1.807, 2.05) is 0 Å². The van der Waals surface area contributed by atoms with E-state index < -0.39 is 5.97 Å². The zero-order valence-electron chi connectivity index (χ0n) is 4.22. The van der Waals surface area contributed by atoms with Crippen LogP contribution in [0.25, 0.3) is 0 Å². The number of carbonyl (C=O) groups is 1. The topological polar surface area (TPSA) is 46.5 Å². The maximum atomic E-state index is 10.2. The number of hydrogen-bond donors (Lipinski definition) is 1. The average Bonchev–Trinajstić information content (AvgIpc) is 1.84. The molecule has 4 heteroatoms. The van der Waals surface area contributed by atoms with Gasteiger partial charge in [0.25, 0.3) is 0 Å². The number of carbonyl (C=O) groups excluding carboxylic acids is 1. The highest BCUT2D eigenvalue weighted by Gasteiger charge is 2.03. The summed E-state index contributed by atoms with van der Waals surface area (Å²) < 4.78 is 4.10. The van der Waals surface area contributed by atoms with Crippen molar-refractivity contribution in [2.45, 2.75) is 0 Å². The summed E-state index contributed by atoms with van der Waals surface area (Å²) in [5.41, 5.74) is 0. The normalized spacial score (nSPS) is 11.0. The van der Waals surface area contributed by atoms with E-state index in [4.69, 9.17) is 16.7 Å². The molecule has 0 unspecified atom stereocenters. The van der Waals surface area contributed by atoms with E-state index in [2.05, 4.69) is 4.74 Å². The first kappa shape index (κ1) is 7.30. The summed E-state index contributed by atoms with van der Waals surface area (Å²) in [6.07, 6.45) is 0.480. The first-order chi connectivity index (χ1) is 3.72. The van der Waals surface area contributed by atoms with Gasteiger partial charge in [-0.15, -0.1) is 0 Å². The molecule has 0 aliphatic heterocycles. The Labute approximate surface area is 51.5 Å². The van der Waals surface area contributed by atoms with Crippen LogP contribution in [-0.4, -0.2) is 18.2 Å². The minimum absolute atomic E-state index is 0.326. The van der Waals surface area contributed by atoms with Crippen LogP contribution >= 0.6 is 11.6 Å². The molecule has 0 saturated carbocycles. The molecule has 0 fully saturated rings. The SMILES string of the molecule is COC(=O)/C(Cl)=C/O. The lowest BCUT2D eigenvalue weighted by atomic mass is 10.6. The second-order valence-electron chi connectivity index (χ2n) is 0.969. The minimum atomic E-state index is -0.742. The molecule has 1 N–H and O–H groups in total. The van der Waals surface area contributed by atoms with Crippen molar-refractivity contribution in [1.82, 2.24) is 0 Å². The number of hydrogen-bond acceptors (Lipinski definition) is 3. The minimum Gasteiger partial charge on any atom is -0.514 e. The molecule has 0 radical (unpaired) electrons. The second kappa shape index (κ2) is 3.32. The summed E-state index contributed by atoms with van der Waals surface area (Å²) in [5, 5.41) is 7.72. The van der Waals surface area contributed by atoms with Crippen molar-refractivity contribution in [2.75, 3.05) is 7.11 Å².